The topological polar surface area (TPSA) is 17.8 Å². The molecule has 0 spiro atoms. The molecule has 0 aliphatic carbocycles. The molecular weight excluding hydrogens is 208 g/mol. The van der Waals surface area contributed by atoms with Crippen LogP contribution in [0.4, 0.5) is 0 Å². The molecule has 0 aliphatic heterocycles. The Labute approximate surface area is 104 Å². The van der Waals surface area contributed by atoms with Gasteiger partial charge in [-0.2, -0.15) is 0 Å². The first-order valence-electron chi connectivity index (χ1n) is 6.16. The lowest BCUT2D eigenvalue weighted by Gasteiger charge is -2.19. The van der Waals surface area contributed by atoms with E-state index in [-0.39, 0.29) is 5.41 Å². The molecule has 17 heavy (non-hydrogen) atoms. The summed E-state index contributed by atoms with van der Waals surface area (Å²) in [5.74, 6) is 0. The maximum Gasteiger partial charge on any atom is 0.0991 e. The molecule has 0 saturated heterocycles. The van der Waals surface area contributed by atoms with Crippen molar-refractivity contribution in [3.63, 3.8) is 0 Å². The van der Waals surface area contributed by atoms with E-state index >= 15 is 0 Å². The van der Waals surface area contributed by atoms with Gasteiger partial charge in [0.1, 0.15) is 0 Å². The third kappa shape index (κ3) is 3.45. The van der Waals surface area contributed by atoms with Crippen LogP contribution in [0.1, 0.15) is 40.2 Å². The fourth-order valence-electron chi connectivity index (χ4n) is 1.55. The molecule has 0 radical (unpaired) electrons. The van der Waals surface area contributed by atoms with Crippen molar-refractivity contribution < 1.29 is 0 Å². The lowest BCUT2D eigenvalue weighted by atomic mass is 9.87. The summed E-state index contributed by atoms with van der Waals surface area (Å²) < 4.78 is 2.01. The molecule has 1 aromatic heterocycles. The van der Waals surface area contributed by atoms with Crippen molar-refractivity contribution in [1.29, 1.82) is 0 Å². The van der Waals surface area contributed by atoms with E-state index in [0.717, 1.165) is 5.69 Å². The Bertz CT molecular complexity index is 419. The van der Waals surface area contributed by atoms with Crippen molar-refractivity contribution in [2.45, 2.75) is 40.0 Å². The van der Waals surface area contributed by atoms with Gasteiger partial charge in [-0.25, -0.2) is 4.98 Å². The van der Waals surface area contributed by atoms with Crippen molar-refractivity contribution in [3.05, 3.63) is 48.5 Å². The highest BCUT2D eigenvalue weighted by Crippen LogP contribution is 2.22. The van der Waals surface area contributed by atoms with Gasteiger partial charge in [-0.05, 0) is 23.1 Å². The van der Waals surface area contributed by atoms with Gasteiger partial charge in [-0.1, -0.05) is 46.8 Å². The van der Waals surface area contributed by atoms with Gasteiger partial charge in [0, 0.05) is 18.1 Å². The quantitative estimate of drug-likeness (QED) is 0.718. The van der Waals surface area contributed by atoms with Crippen LogP contribution in [0.15, 0.2) is 43.0 Å². The fraction of sp³-hybridized carbons (Fsp3) is 0.400. The second kappa shape index (κ2) is 5.67. The lowest BCUT2D eigenvalue weighted by Crippen LogP contribution is -2.10. The van der Waals surface area contributed by atoms with Crippen molar-refractivity contribution in [3.8, 4) is 5.69 Å². The third-order valence-corrected chi connectivity index (χ3v) is 2.54. The van der Waals surface area contributed by atoms with Gasteiger partial charge in [-0.15, -0.1) is 0 Å². The van der Waals surface area contributed by atoms with Crippen LogP contribution < -0.4 is 0 Å². The molecule has 0 bridgehead atoms. The van der Waals surface area contributed by atoms with E-state index in [1.165, 1.54) is 5.56 Å². The summed E-state index contributed by atoms with van der Waals surface area (Å²) in [5.41, 5.74) is 2.72. The molecule has 2 aromatic rings. The SMILES string of the molecule is CC.CC(C)(C)c1ccc(-n2ccnc2)cc1. The zero-order valence-corrected chi connectivity index (χ0v) is 11.4. The lowest BCUT2D eigenvalue weighted by molar-refractivity contribution is 0.590. The smallest absolute Gasteiger partial charge is 0.0991 e. The van der Waals surface area contributed by atoms with Crippen LogP contribution in [0, 0.1) is 0 Å². The van der Waals surface area contributed by atoms with E-state index < -0.39 is 0 Å². The number of imidazole rings is 1. The van der Waals surface area contributed by atoms with Crippen molar-refractivity contribution in [2.75, 3.05) is 0 Å². The molecule has 92 valence electrons. The maximum atomic E-state index is 4.03. The first-order valence-corrected chi connectivity index (χ1v) is 6.16. The molecule has 0 N–H and O–H groups in total. The minimum absolute atomic E-state index is 0.216. The van der Waals surface area contributed by atoms with Crippen molar-refractivity contribution >= 4 is 0 Å². The Hall–Kier alpha value is -1.57. The van der Waals surface area contributed by atoms with Gasteiger partial charge in [0.2, 0.25) is 0 Å². The highest BCUT2D eigenvalue weighted by atomic mass is 15.0. The second-order valence-electron chi connectivity index (χ2n) is 4.77. The average Bonchev–Trinajstić information content (AvgIpc) is 2.84. The fourth-order valence-corrected chi connectivity index (χ4v) is 1.55. The molecule has 0 unspecified atom stereocenters. The molecule has 1 heterocycles. The zero-order chi connectivity index (χ0) is 12.9. The molecule has 2 nitrogen and oxygen atoms in total. The van der Waals surface area contributed by atoms with Gasteiger partial charge in [0.25, 0.3) is 0 Å². The van der Waals surface area contributed by atoms with E-state index in [9.17, 15) is 0 Å². The molecule has 1 aromatic carbocycles. The second-order valence-corrected chi connectivity index (χ2v) is 4.77. The molecule has 0 atom stereocenters. The summed E-state index contributed by atoms with van der Waals surface area (Å²) in [5, 5.41) is 0. The van der Waals surface area contributed by atoms with Gasteiger partial charge < -0.3 is 4.57 Å². The van der Waals surface area contributed by atoms with E-state index in [4.69, 9.17) is 0 Å². The maximum absolute atomic E-state index is 4.03. The Balaban J connectivity index is 0.000000686. The van der Waals surface area contributed by atoms with Crippen LogP contribution in [-0.4, -0.2) is 9.55 Å². The number of hydrogen-bond donors (Lipinski definition) is 0. The van der Waals surface area contributed by atoms with Crippen molar-refractivity contribution in [2.24, 2.45) is 0 Å². The molecule has 2 rings (SSSR count). The monoisotopic (exact) mass is 230 g/mol. The Kier molecular flexibility index (Phi) is 4.50. The molecule has 0 aliphatic rings. The van der Waals surface area contributed by atoms with Gasteiger partial charge in [0.15, 0.2) is 0 Å². The van der Waals surface area contributed by atoms with Crippen LogP contribution in [0.2, 0.25) is 0 Å². The Morgan fingerprint density at radius 3 is 2.00 bits per heavy atom. The summed E-state index contributed by atoms with van der Waals surface area (Å²) in [4.78, 5) is 4.03. The van der Waals surface area contributed by atoms with E-state index in [0.29, 0.717) is 0 Å². The number of nitrogens with zero attached hydrogens (tertiary/aromatic N) is 2. The van der Waals surface area contributed by atoms with Crippen LogP contribution >= 0.6 is 0 Å². The third-order valence-electron chi connectivity index (χ3n) is 2.54. The van der Waals surface area contributed by atoms with Crippen molar-refractivity contribution in [1.82, 2.24) is 9.55 Å². The summed E-state index contributed by atoms with van der Waals surface area (Å²) in [6.45, 7) is 10.7. The highest BCUT2D eigenvalue weighted by Gasteiger charge is 2.12. The first kappa shape index (κ1) is 13.5. The molecule has 0 fully saturated rings. The van der Waals surface area contributed by atoms with E-state index in [2.05, 4.69) is 50.0 Å². The minimum atomic E-state index is 0.216. The predicted molar refractivity (Wildman–Crippen MR) is 73.6 cm³/mol. The minimum Gasteiger partial charge on any atom is -0.306 e. The van der Waals surface area contributed by atoms with Gasteiger partial charge in [0.05, 0.1) is 6.33 Å². The zero-order valence-electron chi connectivity index (χ0n) is 11.4. The van der Waals surface area contributed by atoms with E-state index in [1.807, 2.05) is 30.9 Å². The molecule has 0 saturated carbocycles. The Morgan fingerprint density at radius 1 is 1.00 bits per heavy atom. The standard InChI is InChI=1S/C13H16N2.C2H6/c1-13(2,3)11-4-6-12(7-5-11)15-9-8-14-10-15;1-2/h4-10H,1-3H3;1-2H3. The number of rotatable bonds is 1. The Morgan fingerprint density at radius 2 is 1.59 bits per heavy atom. The number of hydrogen-bond acceptors (Lipinski definition) is 1. The summed E-state index contributed by atoms with van der Waals surface area (Å²) in [7, 11) is 0. The summed E-state index contributed by atoms with van der Waals surface area (Å²) in [6.07, 6.45) is 5.55. The number of benzene rings is 1. The summed E-state index contributed by atoms with van der Waals surface area (Å²) in [6, 6.07) is 8.61. The van der Waals surface area contributed by atoms with Crippen LogP contribution in [-0.2, 0) is 5.41 Å². The number of aromatic nitrogens is 2. The van der Waals surface area contributed by atoms with Crippen LogP contribution in [0.25, 0.3) is 5.69 Å². The van der Waals surface area contributed by atoms with E-state index in [1.54, 1.807) is 6.20 Å². The molecular formula is C15H22N2. The van der Waals surface area contributed by atoms with Crippen LogP contribution in [0.3, 0.4) is 0 Å². The first-order chi connectivity index (χ1) is 8.07. The summed E-state index contributed by atoms with van der Waals surface area (Å²) >= 11 is 0. The predicted octanol–water partition coefficient (Wildman–Crippen LogP) is 4.20. The largest absolute Gasteiger partial charge is 0.306 e. The van der Waals surface area contributed by atoms with Gasteiger partial charge >= 0.3 is 0 Å². The highest BCUT2D eigenvalue weighted by molar-refractivity contribution is 5.36. The molecule has 0 amide bonds. The van der Waals surface area contributed by atoms with Gasteiger partial charge in [-0.3, -0.25) is 0 Å². The average molecular weight is 230 g/mol. The molecule has 2 heteroatoms. The van der Waals surface area contributed by atoms with Crippen LogP contribution in [0.5, 0.6) is 0 Å². The normalized spacial score (nSPS) is 10.6.